The Morgan fingerprint density at radius 1 is 1.15 bits per heavy atom. The lowest BCUT2D eigenvalue weighted by Crippen LogP contribution is -2.69. The zero-order valence-electron chi connectivity index (χ0n) is 23.3. The Hall–Kier alpha value is -0.806. The van der Waals surface area contributed by atoms with Gasteiger partial charge < -0.3 is 24.2 Å². The fourth-order valence-electron chi connectivity index (χ4n) is 4.39. The second-order valence-electron chi connectivity index (χ2n) is 12.2. The molecule has 0 aromatic heterocycles. The predicted molar refractivity (Wildman–Crippen MR) is 144 cm³/mol. The van der Waals surface area contributed by atoms with Crippen molar-refractivity contribution in [2.75, 3.05) is 19.7 Å². The van der Waals surface area contributed by atoms with Gasteiger partial charge in [-0.25, -0.2) is 0 Å². The highest BCUT2D eigenvalue weighted by atomic mass is 28.4. The van der Waals surface area contributed by atoms with Crippen LogP contribution in [-0.4, -0.2) is 69.2 Å². The van der Waals surface area contributed by atoms with Crippen molar-refractivity contribution in [3.05, 3.63) is 12.7 Å². The van der Waals surface area contributed by atoms with Crippen molar-refractivity contribution >= 4 is 28.7 Å². The minimum absolute atomic E-state index is 0.0282. The van der Waals surface area contributed by atoms with Gasteiger partial charge >= 0.3 is 0 Å². The number of rotatable bonds is 15. The van der Waals surface area contributed by atoms with Crippen molar-refractivity contribution in [3.63, 3.8) is 0 Å². The summed E-state index contributed by atoms with van der Waals surface area (Å²) < 4.78 is 7.08. The third kappa shape index (κ3) is 9.40. The molecule has 0 bridgehead atoms. The summed E-state index contributed by atoms with van der Waals surface area (Å²) in [6, 6.07) is 0. The monoisotopic (exact) mass is 500 g/mol. The van der Waals surface area contributed by atoms with Gasteiger partial charge in [0.05, 0.1) is 17.7 Å². The molecule has 0 aliphatic carbocycles. The highest BCUT2D eigenvalue weighted by Gasteiger charge is 2.51. The van der Waals surface area contributed by atoms with Crippen LogP contribution in [0, 0.1) is 5.92 Å². The minimum Gasteiger partial charge on any atom is -0.413 e. The van der Waals surface area contributed by atoms with Crippen molar-refractivity contribution in [3.8, 4) is 0 Å². The van der Waals surface area contributed by atoms with Crippen LogP contribution in [0.3, 0.4) is 0 Å². The van der Waals surface area contributed by atoms with Crippen LogP contribution in [0.5, 0.6) is 0 Å². The summed E-state index contributed by atoms with van der Waals surface area (Å²) in [5.41, 5.74) is 0.0329. The molecular weight excluding hydrogens is 448 g/mol. The fourth-order valence-corrected chi connectivity index (χ4v) is 11.5. The average Bonchev–Trinajstić information content (AvgIpc) is 2.66. The first-order valence-corrected chi connectivity index (χ1v) is 18.2. The molecule has 33 heavy (non-hydrogen) atoms. The van der Waals surface area contributed by atoms with E-state index < -0.39 is 22.5 Å². The standard InChI is InChI=1S/C25H52N2O4Si2/c1-13-22(30)27(18-21(19-28)20-29)17-15-16-25(8,14-2)33(11,12)31-24(6,7)32(9,10)26-23(3,4)5/h13,19,21,26,29H,1,14-18,20H2,2-12H3. The molecule has 0 aromatic rings. The number of carbonyl (C=O) groups is 2. The SMILES string of the molecule is C=CC(=O)N(CCCC(C)(CC)[Si](C)(C)OC(C)(C)[Si](C)(C)NC(C)(C)C)CC(C=O)CO. The first kappa shape index (κ1) is 32.2. The number of nitrogens with one attached hydrogen (secondary N) is 1. The third-order valence-electron chi connectivity index (χ3n) is 7.46. The Morgan fingerprint density at radius 2 is 1.70 bits per heavy atom. The summed E-state index contributed by atoms with van der Waals surface area (Å²) in [4.78, 5) is 29.0. The summed E-state index contributed by atoms with van der Waals surface area (Å²) in [5, 5.41) is 9.15. The number of aliphatic hydroxyl groups is 1. The van der Waals surface area contributed by atoms with Crippen LogP contribution in [0.25, 0.3) is 0 Å². The molecule has 6 nitrogen and oxygen atoms in total. The van der Waals surface area contributed by atoms with E-state index in [9.17, 15) is 14.7 Å². The Labute approximate surface area is 205 Å². The van der Waals surface area contributed by atoms with Crippen LogP contribution in [0.15, 0.2) is 12.7 Å². The molecule has 2 unspecified atom stereocenters. The average molecular weight is 501 g/mol. The fraction of sp³-hybridized carbons (Fsp3) is 0.840. The molecule has 0 rings (SSSR count). The van der Waals surface area contributed by atoms with Crippen LogP contribution >= 0.6 is 0 Å². The lowest BCUT2D eigenvalue weighted by Gasteiger charge is -2.52. The first-order chi connectivity index (χ1) is 14.8. The van der Waals surface area contributed by atoms with Crippen molar-refractivity contribution in [2.24, 2.45) is 5.92 Å². The highest BCUT2D eigenvalue weighted by Crippen LogP contribution is 2.48. The maximum Gasteiger partial charge on any atom is 0.245 e. The highest BCUT2D eigenvalue weighted by molar-refractivity contribution is 6.80. The van der Waals surface area contributed by atoms with Gasteiger partial charge in [0, 0.05) is 18.6 Å². The zero-order chi connectivity index (χ0) is 26.3. The van der Waals surface area contributed by atoms with E-state index in [1.165, 1.54) is 6.08 Å². The maximum absolute atomic E-state index is 12.3. The molecule has 194 valence electrons. The molecule has 0 fully saturated rings. The Bertz CT molecular complexity index is 659. The molecule has 0 aromatic carbocycles. The second kappa shape index (κ2) is 12.2. The van der Waals surface area contributed by atoms with Gasteiger partial charge in [0.2, 0.25) is 5.91 Å². The maximum atomic E-state index is 12.3. The summed E-state index contributed by atoms with van der Waals surface area (Å²) in [6.45, 7) is 29.0. The Kier molecular flexibility index (Phi) is 11.9. The van der Waals surface area contributed by atoms with Gasteiger partial charge in [-0.3, -0.25) is 4.79 Å². The number of aldehydes is 1. The summed E-state index contributed by atoms with van der Waals surface area (Å²) >= 11 is 0. The number of hydrogen-bond acceptors (Lipinski definition) is 5. The largest absolute Gasteiger partial charge is 0.413 e. The second-order valence-corrected chi connectivity index (χ2v) is 21.3. The topological polar surface area (TPSA) is 78.9 Å². The summed E-state index contributed by atoms with van der Waals surface area (Å²) in [7, 11) is -4.08. The Morgan fingerprint density at radius 3 is 2.09 bits per heavy atom. The molecule has 0 saturated heterocycles. The number of hydrogen-bond donors (Lipinski definition) is 2. The van der Waals surface area contributed by atoms with Crippen molar-refractivity contribution in [2.45, 2.75) is 110 Å². The third-order valence-corrected chi connectivity index (χ3v) is 16.7. The van der Waals surface area contributed by atoms with Crippen molar-refractivity contribution < 1.29 is 19.1 Å². The van der Waals surface area contributed by atoms with Gasteiger partial charge in [0.15, 0.2) is 16.6 Å². The van der Waals surface area contributed by atoms with Crippen molar-refractivity contribution in [1.82, 2.24) is 9.88 Å². The zero-order valence-corrected chi connectivity index (χ0v) is 25.3. The first-order valence-electron chi connectivity index (χ1n) is 12.3. The van der Waals surface area contributed by atoms with E-state index in [1.54, 1.807) is 4.90 Å². The normalized spacial score (nSPS) is 16.1. The van der Waals surface area contributed by atoms with Crippen molar-refractivity contribution in [1.29, 1.82) is 0 Å². The van der Waals surface area contributed by atoms with E-state index in [1.807, 2.05) is 0 Å². The van der Waals surface area contributed by atoms with Gasteiger partial charge in [-0.2, -0.15) is 0 Å². The van der Waals surface area contributed by atoms with E-state index >= 15 is 0 Å². The van der Waals surface area contributed by atoms with Crippen LogP contribution in [-0.2, 0) is 14.0 Å². The number of nitrogens with zero attached hydrogens (tertiary/aromatic N) is 1. The van der Waals surface area contributed by atoms with E-state index in [4.69, 9.17) is 4.43 Å². The van der Waals surface area contributed by atoms with E-state index in [0.717, 1.165) is 19.3 Å². The van der Waals surface area contributed by atoms with Crippen LogP contribution < -0.4 is 4.98 Å². The molecule has 0 radical (unpaired) electrons. The summed E-state index contributed by atoms with van der Waals surface area (Å²) in [5.74, 6) is -0.771. The quantitative estimate of drug-likeness (QED) is 0.190. The Balaban J connectivity index is 5.50. The number of carbonyl (C=O) groups excluding carboxylic acids is 2. The van der Waals surface area contributed by atoms with Gasteiger partial charge in [-0.05, 0) is 71.7 Å². The number of aliphatic hydroxyl groups excluding tert-OH is 1. The van der Waals surface area contributed by atoms with Crippen LogP contribution in [0.4, 0.5) is 0 Å². The summed E-state index contributed by atoms with van der Waals surface area (Å²) in [6.07, 6.45) is 4.72. The van der Waals surface area contributed by atoms with Gasteiger partial charge in [0.25, 0.3) is 0 Å². The minimum atomic E-state index is -2.16. The van der Waals surface area contributed by atoms with E-state index in [0.29, 0.717) is 12.8 Å². The molecule has 0 heterocycles. The lowest BCUT2D eigenvalue weighted by molar-refractivity contribution is -0.127. The van der Waals surface area contributed by atoms with Crippen LogP contribution in [0.1, 0.15) is 67.7 Å². The molecule has 0 spiro atoms. The van der Waals surface area contributed by atoms with Gasteiger partial charge in [-0.1, -0.05) is 39.9 Å². The molecule has 0 aliphatic rings. The lowest BCUT2D eigenvalue weighted by atomic mass is 10.0. The van der Waals surface area contributed by atoms with Gasteiger partial charge in [-0.15, -0.1) is 0 Å². The molecule has 2 atom stereocenters. The molecule has 0 saturated carbocycles. The van der Waals surface area contributed by atoms with E-state index in [-0.39, 0.29) is 34.9 Å². The van der Waals surface area contributed by atoms with E-state index in [2.05, 4.69) is 86.2 Å². The van der Waals surface area contributed by atoms with Gasteiger partial charge in [0.1, 0.15) is 6.29 Å². The van der Waals surface area contributed by atoms with Crippen LogP contribution in [0.2, 0.25) is 31.2 Å². The molecule has 2 N–H and O–H groups in total. The molecule has 8 heteroatoms. The smallest absolute Gasteiger partial charge is 0.245 e. The molecule has 1 amide bonds. The molecular formula is C25H52N2O4Si2. The molecule has 0 aliphatic heterocycles. The number of amides is 1. The predicted octanol–water partition coefficient (Wildman–Crippen LogP) is 4.89.